The van der Waals surface area contributed by atoms with Crippen LogP contribution in [0, 0.1) is 0 Å². The van der Waals surface area contributed by atoms with Gasteiger partial charge in [0.15, 0.2) is 6.10 Å². The van der Waals surface area contributed by atoms with Gasteiger partial charge in [-0.1, -0.05) is 0 Å². The molecule has 0 saturated carbocycles. The molecule has 0 aliphatic rings. The quantitative estimate of drug-likeness (QED) is 0.644. The monoisotopic (exact) mass is 172 g/mol. The van der Waals surface area contributed by atoms with E-state index in [2.05, 4.69) is 4.74 Å². The Balaban J connectivity index is 3.83. The van der Waals surface area contributed by atoms with Gasteiger partial charge in [-0.3, -0.25) is 0 Å². The Morgan fingerprint density at radius 3 is 2.11 bits per heavy atom. The van der Waals surface area contributed by atoms with Crippen molar-refractivity contribution in [1.29, 1.82) is 0 Å². The molecule has 0 aromatic carbocycles. The number of rotatable bonds is 3. The zero-order valence-electron chi connectivity index (χ0n) is 4.67. The van der Waals surface area contributed by atoms with Crippen LogP contribution < -0.4 is 0 Å². The van der Waals surface area contributed by atoms with E-state index in [-0.39, 0.29) is 0 Å². The maximum Gasteiger partial charge on any atom is 0.335 e. The number of methoxy groups -OCH3 is 1. The second-order valence-electron chi connectivity index (χ2n) is 1.33. The molecule has 0 rings (SSSR count). The van der Waals surface area contributed by atoms with Crippen LogP contribution in [0.2, 0.25) is 0 Å². The van der Waals surface area contributed by atoms with E-state index in [1.807, 2.05) is 0 Å². The molecular weight excluding hydrogens is 167 g/mol. The second-order valence-corrected chi connectivity index (χ2v) is 2.49. The first-order valence-electron chi connectivity index (χ1n) is 2.13. The summed E-state index contributed by atoms with van der Waals surface area (Å²) in [5.41, 5.74) is 0. The Bertz CT molecular complexity index is 104. The maximum absolute atomic E-state index is 10.1. The zero-order valence-corrected chi connectivity index (χ0v) is 6.19. The molecule has 9 heavy (non-hydrogen) atoms. The van der Waals surface area contributed by atoms with Crippen LogP contribution in [0.3, 0.4) is 0 Å². The number of carboxylic acids is 1. The van der Waals surface area contributed by atoms with Gasteiger partial charge in [0, 0.05) is 7.11 Å². The van der Waals surface area contributed by atoms with E-state index in [9.17, 15) is 4.79 Å². The van der Waals surface area contributed by atoms with Gasteiger partial charge in [0.25, 0.3) is 0 Å². The average Bonchev–Trinajstić information content (AvgIpc) is 1.64. The molecule has 0 aromatic heterocycles. The molecule has 3 nitrogen and oxygen atoms in total. The molecule has 0 bridgehead atoms. The summed E-state index contributed by atoms with van der Waals surface area (Å²) in [6, 6.07) is 0. The third kappa shape index (κ3) is 2.89. The number of hydrogen-bond donors (Lipinski definition) is 1. The van der Waals surface area contributed by atoms with Gasteiger partial charge in [-0.15, -0.1) is 23.2 Å². The highest BCUT2D eigenvalue weighted by atomic mass is 35.5. The van der Waals surface area contributed by atoms with Gasteiger partial charge in [-0.05, 0) is 0 Å². The largest absolute Gasteiger partial charge is 0.479 e. The van der Waals surface area contributed by atoms with Crippen LogP contribution in [-0.2, 0) is 9.53 Å². The summed E-state index contributed by atoms with van der Waals surface area (Å²) in [5, 5.41) is 8.25. The maximum atomic E-state index is 10.1. The van der Waals surface area contributed by atoms with Crippen LogP contribution in [0.15, 0.2) is 0 Å². The fourth-order valence-electron chi connectivity index (χ4n) is 0.311. The fraction of sp³-hybridized carbons (Fsp3) is 0.750. The molecule has 0 heterocycles. The lowest BCUT2D eigenvalue weighted by atomic mass is 10.4. The summed E-state index contributed by atoms with van der Waals surface area (Å²) >= 11 is 10.4. The predicted octanol–water partition coefficient (Wildman–Crippen LogP) is 0.890. The standard InChI is InChI=1S/C4H6Cl2O3/c1-9-2(3(5)6)4(7)8/h2-3H,1H3,(H,7,8). The molecule has 5 heteroatoms. The molecule has 0 aromatic rings. The van der Waals surface area contributed by atoms with Crippen molar-refractivity contribution in [2.45, 2.75) is 10.9 Å². The summed E-state index contributed by atoms with van der Waals surface area (Å²) < 4.78 is 4.41. The lowest BCUT2D eigenvalue weighted by Gasteiger charge is -2.09. The van der Waals surface area contributed by atoms with E-state index in [4.69, 9.17) is 28.3 Å². The number of carboxylic acid groups (broad SMARTS) is 1. The highest BCUT2D eigenvalue weighted by Crippen LogP contribution is 2.10. The van der Waals surface area contributed by atoms with Crippen molar-refractivity contribution in [2.75, 3.05) is 7.11 Å². The van der Waals surface area contributed by atoms with Crippen LogP contribution >= 0.6 is 23.2 Å². The molecule has 1 unspecified atom stereocenters. The van der Waals surface area contributed by atoms with E-state index in [0.29, 0.717) is 0 Å². The smallest absolute Gasteiger partial charge is 0.335 e. The Labute approximate surface area is 62.5 Å². The highest BCUT2D eigenvalue weighted by molar-refractivity contribution is 6.45. The fourth-order valence-corrected chi connectivity index (χ4v) is 0.733. The van der Waals surface area contributed by atoms with Gasteiger partial charge in [-0.2, -0.15) is 0 Å². The van der Waals surface area contributed by atoms with Crippen LogP contribution in [0.4, 0.5) is 0 Å². The molecular formula is C4H6Cl2O3. The number of hydrogen-bond acceptors (Lipinski definition) is 2. The molecule has 0 radical (unpaired) electrons. The predicted molar refractivity (Wildman–Crippen MR) is 33.9 cm³/mol. The van der Waals surface area contributed by atoms with Crippen LogP contribution in [0.5, 0.6) is 0 Å². The lowest BCUT2D eigenvalue weighted by molar-refractivity contribution is -0.147. The van der Waals surface area contributed by atoms with Crippen molar-refractivity contribution in [3.63, 3.8) is 0 Å². The van der Waals surface area contributed by atoms with E-state index in [1.165, 1.54) is 7.11 Å². The average molecular weight is 173 g/mol. The number of carbonyl (C=O) groups is 1. The highest BCUT2D eigenvalue weighted by Gasteiger charge is 2.23. The third-order valence-electron chi connectivity index (χ3n) is 0.726. The molecule has 0 spiro atoms. The molecule has 54 valence electrons. The van der Waals surface area contributed by atoms with E-state index in [1.54, 1.807) is 0 Å². The number of alkyl halides is 2. The summed E-state index contributed by atoms with van der Waals surface area (Å²) in [7, 11) is 1.23. The topological polar surface area (TPSA) is 46.5 Å². The summed E-state index contributed by atoms with van der Waals surface area (Å²) in [6.07, 6.45) is -1.13. The molecule has 0 amide bonds. The van der Waals surface area contributed by atoms with Crippen LogP contribution in [0.25, 0.3) is 0 Å². The van der Waals surface area contributed by atoms with Crippen LogP contribution in [0.1, 0.15) is 0 Å². The summed E-state index contributed by atoms with van der Waals surface area (Å²) in [4.78, 5) is 9.06. The Morgan fingerprint density at radius 1 is 1.67 bits per heavy atom. The number of ether oxygens (including phenoxy) is 1. The van der Waals surface area contributed by atoms with Gasteiger partial charge in [0.1, 0.15) is 4.84 Å². The van der Waals surface area contributed by atoms with Crippen molar-refractivity contribution >= 4 is 29.2 Å². The van der Waals surface area contributed by atoms with Crippen LogP contribution in [-0.4, -0.2) is 29.1 Å². The lowest BCUT2D eigenvalue weighted by Crippen LogP contribution is -2.28. The van der Waals surface area contributed by atoms with Crippen molar-refractivity contribution in [2.24, 2.45) is 0 Å². The van der Waals surface area contributed by atoms with E-state index >= 15 is 0 Å². The summed E-state index contributed by atoms with van der Waals surface area (Å²) in [6.45, 7) is 0. The SMILES string of the molecule is COC(C(=O)O)C(Cl)Cl. The van der Waals surface area contributed by atoms with Crippen molar-refractivity contribution in [3.8, 4) is 0 Å². The molecule has 1 N–H and O–H groups in total. The number of halogens is 2. The minimum absolute atomic E-state index is 1.02. The first-order valence-corrected chi connectivity index (χ1v) is 3.00. The van der Waals surface area contributed by atoms with Gasteiger partial charge < -0.3 is 9.84 Å². The van der Waals surface area contributed by atoms with E-state index in [0.717, 1.165) is 0 Å². The third-order valence-corrected chi connectivity index (χ3v) is 1.18. The second kappa shape index (κ2) is 3.93. The molecule has 0 fully saturated rings. The van der Waals surface area contributed by atoms with Crippen molar-refractivity contribution in [3.05, 3.63) is 0 Å². The molecule has 0 saturated heterocycles. The minimum atomic E-state index is -1.16. The zero-order chi connectivity index (χ0) is 7.44. The van der Waals surface area contributed by atoms with Gasteiger partial charge in [0.2, 0.25) is 0 Å². The number of aliphatic carboxylic acids is 1. The first-order chi connectivity index (χ1) is 4.09. The normalized spacial score (nSPS) is 13.8. The molecule has 0 aliphatic heterocycles. The molecule has 0 aliphatic carbocycles. The Kier molecular flexibility index (Phi) is 3.93. The van der Waals surface area contributed by atoms with Crippen molar-refractivity contribution < 1.29 is 14.6 Å². The summed E-state index contributed by atoms with van der Waals surface area (Å²) in [5.74, 6) is -1.16. The van der Waals surface area contributed by atoms with Gasteiger partial charge >= 0.3 is 5.97 Å². The molecule has 1 atom stereocenters. The first kappa shape index (κ1) is 9.01. The minimum Gasteiger partial charge on any atom is -0.479 e. The van der Waals surface area contributed by atoms with Gasteiger partial charge in [-0.25, -0.2) is 4.79 Å². The van der Waals surface area contributed by atoms with Gasteiger partial charge in [0.05, 0.1) is 0 Å². The van der Waals surface area contributed by atoms with E-state index < -0.39 is 16.9 Å². The Morgan fingerprint density at radius 2 is 2.11 bits per heavy atom. The van der Waals surface area contributed by atoms with Crippen molar-refractivity contribution in [1.82, 2.24) is 0 Å². The Hall–Kier alpha value is 0.01000.